The summed E-state index contributed by atoms with van der Waals surface area (Å²) in [6.07, 6.45) is 0.814. The summed E-state index contributed by atoms with van der Waals surface area (Å²) in [7, 11) is 3.11. The highest BCUT2D eigenvalue weighted by Gasteiger charge is 2.05. The maximum Gasteiger partial charge on any atom is 0.337 e. The maximum absolute atomic E-state index is 11.4. The zero-order valence-corrected chi connectivity index (χ0v) is 17.9. The number of hydrogen-bond donors (Lipinski definition) is 2. The van der Waals surface area contributed by atoms with E-state index < -0.39 is 0 Å². The van der Waals surface area contributed by atoms with Crippen molar-refractivity contribution in [2.45, 2.75) is 13.0 Å². The number of halogens is 2. The molecule has 0 aliphatic carbocycles. The summed E-state index contributed by atoms with van der Waals surface area (Å²) in [6, 6.07) is 15.1. The number of methoxy groups -OCH3 is 1. The monoisotopic (exact) mass is 487 g/mol. The van der Waals surface area contributed by atoms with Crippen molar-refractivity contribution in [3.8, 4) is 0 Å². The van der Waals surface area contributed by atoms with Crippen molar-refractivity contribution in [2.75, 3.05) is 20.7 Å². The smallest absolute Gasteiger partial charge is 0.337 e. The van der Waals surface area contributed by atoms with Gasteiger partial charge in [0, 0.05) is 25.2 Å². The SMILES string of the molecule is CN=C(NCCc1ccc(C(=O)OC)cc1)NCc1ccccc1Cl.I. The Labute approximate surface area is 176 Å². The van der Waals surface area contributed by atoms with Crippen molar-refractivity contribution in [1.29, 1.82) is 0 Å². The van der Waals surface area contributed by atoms with Crippen LogP contribution in [0, 0.1) is 0 Å². The molecule has 0 aliphatic heterocycles. The molecular formula is C19H23ClIN3O2. The molecule has 0 saturated heterocycles. The van der Waals surface area contributed by atoms with Crippen LogP contribution in [0.5, 0.6) is 0 Å². The molecule has 140 valence electrons. The van der Waals surface area contributed by atoms with Crippen molar-refractivity contribution < 1.29 is 9.53 Å². The number of carbonyl (C=O) groups excluding carboxylic acids is 1. The van der Waals surface area contributed by atoms with Gasteiger partial charge in [-0.3, -0.25) is 4.99 Å². The molecule has 0 saturated carbocycles. The molecule has 2 aromatic carbocycles. The molecule has 2 rings (SSSR count). The molecule has 0 aromatic heterocycles. The number of rotatable bonds is 6. The van der Waals surface area contributed by atoms with Gasteiger partial charge in [0.05, 0.1) is 12.7 Å². The van der Waals surface area contributed by atoms with Gasteiger partial charge in [0.15, 0.2) is 5.96 Å². The number of carbonyl (C=O) groups is 1. The minimum absolute atomic E-state index is 0. The fourth-order valence-corrected chi connectivity index (χ4v) is 2.49. The van der Waals surface area contributed by atoms with Gasteiger partial charge in [0.2, 0.25) is 0 Å². The molecule has 0 atom stereocenters. The topological polar surface area (TPSA) is 62.7 Å². The second-order valence-corrected chi connectivity index (χ2v) is 5.79. The predicted molar refractivity (Wildman–Crippen MR) is 117 cm³/mol. The molecule has 0 unspecified atom stereocenters. The van der Waals surface area contributed by atoms with Gasteiger partial charge >= 0.3 is 5.97 Å². The van der Waals surface area contributed by atoms with E-state index in [4.69, 9.17) is 16.3 Å². The average Bonchev–Trinajstić information content (AvgIpc) is 2.65. The predicted octanol–water partition coefficient (Wildman–Crippen LogP) is 3.65. The minimum Gasteiger partial charge on any atom is -0.465 e. The first-order valence-corrected chi connectivity index (χ1v) is 8.37. The number of benzene rings is 2. The number of ether oxygens (including phenoxy) is 1. The van der Waals surface area contributed by atoms with E-state index >= 15 is 0 Å². The van der Waals surface area contributed by atoms with Gasteiger partial charge in [-0.15, -0.1) is 24.0 Å². The summed E-state index contributed by atoms with van der Waals surface area (Å²) in [5.41, 5.74) is 2.70. The molecule has 0 heterocycles. The Bertz CT molecular complexity index is 736. The number of nitrogens with zero attached hydrogens (tertiary/aromatic N) is 1. The van der Waals surface area contributed by atoms with Crippen LogP contribution in [-0.2, 0) is 17.7 Å². The molecule has 0 aliphatic rings. The maximum atomic E-state index is 11.4. The summed E-state index contributed by atoms with van der Waals surface area (Å²) < 4.78 is 4.69. The molecule has 0 fully saturated rings. The van der Waals surface area contributed by atoms with Crippen molar-refractivity contribution in [3.05, 3.63) is 70.2 Å². The van der Waals surface area contributed by atoms with Gasteiger partial charge in [-0.05, 0) is 35.7 Å². The van der Waals surface area contributed by atoms with Crippen LogP contribution in [0.4, 0.5) is 0 Å². The van der Waals surface area contributed by atoms with E-state index in [1.165, 1.54) is 7.11 Å². The van der Waals surface area contributed by atoms with E-state index in [9.17, 15) is 4.79 Å². The molecule has 0 bridgehead atoms. The standard InChI is InChI=1S/C19H22ClN3O2.HI/c1-21-19(23-13-16-5-3-4-6-17(16)20)22-12-11-14-7-9-15(10-8-14)18(24)25-2;/h3-10H,11-13H2,1-2H3,(H2,21,22,23);1H. The van der Waals surface area contributed by atoms with Gasteiger partial charge < -0.3 is 15.4 Å². The van der Waals surface area contributed by atoms with Crippen LogP contribution in [0.15, 0.2) is 53.5 Å². The number of hydrogen-bond acceptors (Lipinski definition) is 3. The lowest BCUT2D eigenvalue weighted by Gasteiger charge is -2.12. The third kappa shape index (κ3) is 6.84. The second-order valence-electron chi connectivity index (χ2n) is 5.38. The zero-order chi connectivity index (χ0) is 18.1. The fraction of sp³-hybridized carbons (Fsp3) is 0.263. The fourth-order valence-electron chi connectivity index (χ4n) is 2.29. The Balaban J connectivity index is 0.00000338. The Morgan fingerprint density at radius 2 is 1.81 bits per heavy atom. The van der Waals surface area contributed by atoms with Crippen LogP contribution in [0.1, 0.15) is 21.5 Å². The summed E-state index contributed by atoms with van der Waals surface area (Å²) in [5, 5.41) is 7.23. The number of guanidine groups is 1. The van der Waals surface area contributed by atoms with E-state index in [1.807, 2.05) is 36.4 Å². The molecule has 0 radical (unpaired) electrons. The molecule has 26 heavy (non-hydrogen) atoms. The molecule has 2 aromatic rings. The van der Waals surface area contributed by atoms with E-state index in [2.05, 4.69) is 15.6 Å². The van der Waals surface area contributed by atoms with Gasteiger partial charge in [0.1, 0.15) is 0 Å². The van der Waals surface area contributed by atoms with E-state index in [1.54, 1.807) is 19.2 Å². The van der Waals surface area contributed by atoms with Crippen molar-refractivity contribution >= 4 is 47.5 Å². The summed E-state index contributed by atoms with van der Waals surface area (Å²) in [5.74, 6) is 0.389. The molecule has 7 heteroatoms. The van der Waals surface area contributed by atoms with Gasteiger partial charge in [-0.25, -0.2) is 4.79 Å². The lowest BCUT2D eigenvalue weighted by molar-refractivity contribution is 0.0600. The normalized spacial score (nSPS) is 10.7. The van der Waals surface area contributed by atoms with E-state index in [-0.39, 0.29) is 29.9 Å². The molecular weight excluding hydrogens is 465 g/mol. The van der Waals surface area contributed by atoms with Crippen LogP contribution in [0.3, 0.4) is 0 Å². The number of aliphatic imine (C=N–C) groups is 1. The lowest BCUT2D eigenvalue weighted by Crippen LogP contribution is -2.37. The quantitative estimate of drug-likeness (QED) is 0.283. The Morgan fingerprint density at radius 1 is 1.12 bits per heavy atom. The van der Waals surface area contributed by atoms with Crippen molar-refractivity contribution in [1.82, 2.24) is 10.6 Å². The molecule has 5 nitrogen and oxygen atoms in total. The Hall–Kier alpha value is -1.80. The van der Waals surface area contributed by atoms with E-state index in [0.29, 0.717) is 18.1 Å². The van der Waals surface area contributed by atoms with Gasteiger partial charge in [-0.2, -0.15) is 0 Å². The van der Waals surface area contributed by atoms with E-state index in [0.717, 1.165) is 29.1 Å². The Kier molecular flexibility index (Phi) is 10.0. The third-order valence-electron chi connectivity index (χ3n) is 3.71. The van der Waals surface area contributed by atoms with Crippen LogP contribution in [0.2, 0.25) is 5.02 Å². The number of nitrogens with one attached hydrogen (secondary N) is 2. The third-order valence-corrected chi connectivity index (χ3v) is 4.08. The second kappa shape index (κ2) is 11.7. The van der Waals surface area contributed by atoms with Crippen LogP contribution in [-0.4, -0.2) is 32.6 Å². The highest BCUT2D eigenvalue weighted by molar-refractivity contribution is 14.0. The average molecular weight is 488 g/mol. The number of esters is 1. The summed E-state index contributed by atoms with van der Waals surface area (Å²) >= 11 is 6.15. The van der Waals surface area contributed by atoms with Crippen molar-refractivity contribution in [3.63, 3.8) is 0 Å². The van der Waals surface area contributed by atoms with Crippen LogP contribution in [0.25, 0.3) is 0 Å². The first kappa shape index (κ1) is 22.2. The highest BCUT2D eigenvalue weighted by atomic mass is 127. The van der Waals surface area contributed by atoms with Gasteiger partial charge in [0.25, 0.3) is 0 Å². The Morgan fingerprint density at radius 3 is 2.42 bits per heavy atom. The lowest BCUT2D eigenvalue weighted by atomic mass is 10.1. The first-order chi connectivity index (χ1) is 12.1. The van der Waals surface area contributed by atoms with Crippen LogP contribution < -0.4 is 10.6 Å². The minimum atomic E-state index is -0.325. The van der Waals surface area contributed by atoms with Crippen molar-refractivity contribution in [2.24, 2.45) is 4.99 Å². The van der Waals surface area contributed by atoms with Crippen LogP contribution >= 0.6 is 35.6 Å². The summed E-state index contributed by atoms with van der Waals surface area (Å²) in [6.45, 7) is 1.33. The molecule has 2 N–H and O–H groups in total. The molecule has 0 amide bonds. The highest BCUT2D eigenvalue weighted by Crippen LogP contribution is 2.14. The molecule has 0 spiro atoms. The summed E-state index contributed by atoms with van der Waals surface area (Å²) in [4.78, 5) is 15.6. The van der Waals surface area contributed by atoms with Gasteiger partial charge in [-0.1, -0.05) is 41.9 Å². The largest absolute Gasteiger partial charge is 0.465 e. The zero-order valence-electron chi connectivity index (χ0n) is 14.8. The first-order valence-electron chi connectivity index (χ1n) is 7.99.